The minimum absolute atomic E-state index is 0.512. The third-order valence-corrected chi connectivity index (χ3v) is 3.81. The first-order chi connectivity index (χ1) is 8.72. The summed E-state index contributed by atoms with van der Waals surface area (Å²) in [7, 11) is 0. The van der Waals surface area contributed by atoms with Gasteiger partial charge in [-0.25, -0.2) is 0 Å². The lowest BCUT2D eigenvalue weighted by Gasteiger charge is -2.17. The van der Waals surface area contributed by atoms with Gasteiger partial charge in [-0.3, -0.25) is 0 Å². The highest BCUT2D eigenvalue weighted by Gasteiger charge is 2.08. The molecule has 0 nitrogen and oxygen atoms in total. The van der Waals surface area contributed by atoms with E-state index in [0.717, 1.165) is 0 Å². The molecule has 0 aromatic rings. The lowest BCUT2D eigenvalue weighted by atomic mass is 9.89. The van der Waals surface area contributed by atoms with Crippen molar-refractivity contribution in [1.29, 1.82) is 0 Å². The predicted molar refractivity (Wildman–Crippen MR) is 89.5 cm³/mol. The molecule has 0 radical (unpaired) electrons. The number of allylic oxidation sites excluding steroid dienone is 3. The Morgan fingerprint density at radius 3 is 2.05 bits per heavy atom. The summed E-state index contributed by atoms with van der Waals surface area (Å²) in [6.45, 7) is 17.6. The number of hydrogen-bond donors (Lipinski definition) is 0. The molecule has 0 aliphatic heterocycles. The van der Waals surface area contributed by atoms with Crippen LogP contribution in [0.25, 0.3) is 0 Å². The number of unbranched alkanes of at least 4 members (excludes halogenated alkanes) is 4. The van der Waals surface area contributed by atoms with E-state index in [1.165, 1.54) is 56.1 Å². The van der Waals surface area contributed by atoms with E-state index >= 15 is 0 Å². The molecule has 0 amide bonds. The SMILES string of the molecule is C=C(C)C(C)/C=C(\C)CCCCCCCC(C)(C)C. The maximum absolute atomic E-state index is 4.01. The second-order valence-electron chi connectivity index (χ2n) is 7.48. The van der Waals surface area contributed by atoms with Gasteiger partial charge >= 0.3 is 0 Å². The molecule has 0 spiro atoms. The Labute approximate surface area is 122 Å². The van der Waals surface area contributed by atoms with Crippen LogP contribution in [-0.4, -0.2) is 0 Å². The van der Waals surface area contributed by atoms with Crippen molar-refractivity contribution >= 4 is 0 Å². The summed E-state index contributed by atoms with van der Waals surface area (Å²) < 4.78 is 0. The van der Waals surface area contributed by atoms with Crippen molar-refractivity contribution in [2.75, 3.05) is 0 Å². The summed E-state index contributed by atoms with van der Waals surface area (Å²) in [6.07, 6.45) is 11.9. The molecule has 0 heteroatoms. The van der Waals surface area contributed by atoms with Crippen molar-refractivity contribution in [3.8, 4) is 0 Å². The molecular formula is C19H36. The molecule has 1 unspecified atom stereocenters. The highest BCUT2D eigenvalue weighted by molar-refractivity contribution is 5.10. The Morgan fingerprint density at radius 1 is 1.00 bits per heavy atom. The zero-order valence-corrected chi connectivity index (χ0v) is 14.3. The van der Waals surface area contributed by atoms with Crippen molar-refractivity contribution in [2.45, 2.75) is 86.5 Å². The minimum atomic E-state index is 0.512. The maximum atomic E-state index is 4.01. The maximum Gasteiger partial charge on any atom is -0.00545 e. The van der Waals surface area contributed by atoms with Crippen LogP contribution < -0.4 is 0 Å². The van der Waals surface area contributed by atoms with Gasteiger partial charge in [0.05, 0.1) is 0 Å². The summed E-state index contributed by atoms with van der Waals surface area (Å²) in [5.74, 6) is 0.534. The topological polar surface area (TPSA) is 0 Å². The predicted octanol–water partition coefficient (Wildman–Crippen LogP) is 6.92. The van der Waals surface area contributed by atoms with Crippen LogP contribution in [0, 0.1) is 11.3 Å². The van der Waals surface area contributed by atoms with Gasteiger partial charge in [0.25, 0.3) is 0 Å². The molecule has 0 fully saturated rings. The summed E-state index contributed by atoms with van der Waals surface area (Å²) in [4.78, 5) is 0. The molecule has 0 aromatic carbocycles. The lowest BCUT2D eigenvalue weighted by Crippen LogP contribution is -2.03. The minimum Gasteiger partial charge on any atom is -0.0996 e. The molecule has 0 saturated heterocycles. The average molecular weight is 264 g/mol. The van der Waals surface area contributed by atoms with Gasteiger partial charge < -0.3 is 0 Å². The van der Waals surface area contributed by atoms with E-state index in [0.29, 0.717) is 11.3 Å². The first kappa shape index (κ1) is 18.5. The smallest absolute Gasteiger partial charge is 0.00545 e. The Balaban J connectivity index is 3.57. The van der Waals surface area contributed by atoms with E-state index in [1.54, 1.807) is 0 Å². The second kappa shape index (κ2) is 9.39. The standard InChI is InChI=1S/C19H36/c1-16(2)18(4)15-17(3)13-11-9-8-10-12-14-19(5,6)7/h15,18H,1,8-14H2,2-7H3/b17-15+. The van der Waals surface area contributed by atoms with E-state index in [-0.39, 0.29) is 0 Å². The van der Waals surface area contributed by atoms with E-state index < -0.39 is 0 Å². The van der Waals surface area contributed by atoms with Crippen LogP contribution in [0.2, 0.25) is 0 Å². The monoisotopic (exact) mass is 264 g/mol. The Morgan fingerprint density at radius 2 is 1.53 bits per heavy atom. The summed E-state index contributed by atoms with van der Waals surface area (Å²) in [6, 6.07) is 0. The van der Waals surface area contributed by atoms with Crippen LogP contribution in [0.1, 0.15) is 86.5 Å². The summed E-state index contributed by atoms with van der Waals surface area (Å²) in [5, 5.41) is 0. The van der Waals surface area contributed by atoms with Gasteiger partial charge in [0.2, 0.25) is 0 Å². The third-order valence-electron chi connectivity index (χ3n) is 3.81. The fraction of sp³-hybridized carbons (Fsp3) is 0.789. The molecule has 0 aromatic heterocycles. The molecule has 0 saturated carbocycles. The summed E-state index contributed by atoms with van der Waals surface area (Å²) in [5.41, 5.74) is 3.31. The van der Waals surface area contributed by atoms with E-state index in [1.807, 2.05) is 0 Å². The largest absolute Gasteiger partial charge is 0.0996 e. The van der Waals surface area contributed by atoms with Crippen molar-refractivity contribution in [3.63, 3.8) is 0 Å². The van der Waals surface area contributed by atoms with Gasteiger partial charge in [0, 0.05) is 0 Å². The van der Waals surface area contributed by atoms with Crippen LogP contribution >= 0.6 is 0 Å². The van der Waals surface area contributed by atoms with E-state index in [4.69, 9.17) is 0 Å². The average Bonchev–Trinajstić information content (AvgIpc) is 2.25. The van der Waals surface area contributed by atoms with Crippen LogP contribution in [0.5, 0.6) is 0 Å². The highest BCUT2D eigenvalue weighted by Crippen LogP contribution is 2.23. The number of rotatable bonds is 9. The van der Waals surface area contributed by atoms with Crippen LogP contribution in [0.4, 0.5) is 0 Å². The fourth-order valence-corrected chi connectivity index (χ4v) is 2.24. The van der Waals surface area contributed by atoms with Crippen molar-refractivity contribution in [2.24, 2.45) is 11.3 Å². The first-order valence-electron chi connectivity index (χ1n) is 8.05. The van der Waals surface area contributed by atoms with Gasteiger partial charge in [-0.1, -0.05) is 77.2 Å². The van der Waals surface area contributed by atoms with Crippen molar-refractivity contribution < 1.29 is 0 Å². The molecule has 0 heterocycles. The van der Waals surface area contributed by atoms with Crippen LogP contribution in [0.3, 0.4) is 0 Å². The van der Waals surface area contributed by atoms with Gasteiger partial charge in [-0.05, 0) is 44.4 Å². The van der Waals surface area contributed by atoms with Crippen molar-refractivity contribution in [3.05, 3.63) is 23.8 Å². The highest BCUT2D eigenvalue weighted by atomic mass is 14.1. The Bertz CT molecular complexity index is 275. The second-order valence-corrected chi connectivity index (χ2v) is 7.48. The van der Waals surface area contributed by atoms with Crippen LogP contribution in [-0.2, 0) is 0 Å². The molecule has 0 aliphatic carbocycles. The zero-order valence-electron chi connectivity index (χ0n) is 14.3. The van der Waals surface area contributed by atoms with Gasteiger partial charge in [-0.15, -0.1) is 0 Å². The fourth-order valence-electron chi connectivity index (χ4n) is 2.24. The number of hydrogen-bond acceptors (Lipinski definition) is 0. The molecule has 0 aliphatic rings. The quantitative estimate of drug-likeness (QED) is 0.313. The summed E-state index contributed by atoms with van der Waals surface area (Å²) >= 11 is 0. The van der Waals surface area contributed by atoms with Crippen LogP contribution in [0.15, 0.2) is 23.8 Å². The first-order valence-corrected chi connectivity index (χ1v) is 8.05. The molecule has 0 bridgehead atoms. The molecular weight excluding hydrogens is 228 g/mol. The Kier molecular flexibility index (Phi) is 9.14. The third kappa shape index (κ3) is 12.3. The zero-order chi connectivity index (χ0) is 14.9. The van der Waals surface area contributed by atoms with Gasteiger partial charge in [0.1, 0.15) is 0 Å². The van der Waals surface area contributed by atoms with E-state index in [9.17, 15) is 0 Å². The molecule has 0 rings (SSSR count). The lowest BCUT2D eigenvalue weighted by molar-refractivity contribution is 0.356. The molecule has 0 N–H and O–H groups in total. The Hall–Kier alpha value is -0.520. The van der Waals surface area contributed by atoms with E-state index in [2.05, 4.69) is 54.2 Å². The molecule has 112 valence electrons. The molecule has 1 atom stereocenters. The van der Waals surface area contributed by atoms with Crippen molar-refractivity contribution in [1.82, 2.24) is 0 Å². The molecule has 19 heavy (non-hydrogen) atoms. The van der Waals surface area contributed by atoms with Gasteiger partial charge in [-0.2, -0.15) is 0 Å². The van der Waals surface area contributed by atoms with Gasteiger partial charge in [0.15, 0.2) is 0 Å². The normalized spacial score (nSPS) is 14.5.